The van der Waals surface area contributed by atoms with Crippen molar-refractivity contribution in [2.45, 2.75) is 13.0 Å². The summed E-state index contributed by atoms with van der Waals surface area (Å²) in [5, 5.41) is 23.8. The quantitative estimate of drug-likeness (QED) is 0.358. The number of nitrogens with zero attached hydrogens (tertiary/aromatic N) is 5. The first kappa shape index (κ1) is 18.9. The molecule has 2 aromatic heterocycles. The molecule has 0 bridgehead atoms. The molecule has 1 aliphatic heterocycles. The molecule has 2 aromatic carbocycles. The Morgan fingerprint density at radius 2 is 1.87 bits per heavy atom. The second kappa shape index (κ2) is 7.60. The van der Waals surface area contributed by atoms with Crippen LogP contribution >= 0.6 is 0 Å². The molecule has 0 N–H and O–H groups in total. The van der Waals surface area contributed by atoms with Crippen molar-refractivity contribution in [1.29, 1.82) is 0 Å². The number of nitro groups is 1. The molecule has 5 rings (SSSR count). The summed E-state index contributed by atoms with van der Waals surface area (Å²) >= 11 is 0. The highest BCUT2D eigenvalue weighted by molar-refractivity contribution is 5.65. The second-order valence-electron chi connectivity index (χ2n) is 7.20. The van der Waals surface area contributed by atoms with E-state index in [1.165, 1.54) is 24.3 Å². The number of non-ortho nitro benzene ring substituents is 1. The molecular weight excluding hydrogens is 401 g/mol. The topological polar surface area (TPSA) is 98.2 Å². The van der Waals surface area contributed by atoms with Crippen LogP contribution in [0.3, 0.4) is 0 Å². The molecule has 0 atom stereocenters. The van der Waals surface area contributed by atoms with Gasteiger partial charge in [0.15, 0.2) is 11.6 Å². The number of benzene rings is 2. The number of fused-ring (bicyclic) bond motifs is 1. The first-order chi connectivity index (χ1) is 15.1. The van der Waals surface area contributed by atoms with Crippen LogP contribution in [0.5, 0.6) is 0 Å². The van der Waals surface area contributed by atoms with Crippen molar-refractivity contribution < 1.29 is 13.8 Å². The maximum atomic E-state index is 13.3. The maximum Gasteiger partial charge on any atom is 0.270 e. The van der Waals surface area contributed by atoms with E-state index in [4.69, 9.17) is 4.52 Å². The fourth-order valence-electron chi connectivity index (χ4n) is 3.66. The van der Waals surface area contributed by atoms with Gasteiger partial charge in [-0.05, 0) is 36.4 Å². The molecule has 154 valence electrons. The zero-order valence-electron chi connectivity index (χ0n) is 16.2. The molecule has 0 aliphatic carbocycles. The predicted octanol–water partition coefficient (Wildman–Crippen LogP) is 4.41. The number of hydrogen-bond donors (Lipinski definition) is 0. The summed E-state index contributed by atoms with van der Waals surface area (Å²) in [7, 11) is 0. The smallest absolute Gasteiger partial charge is 0.270 e. The molecule has 8 nitrogen and oxygen atoms in total. The van der Waals surface area contributed by atoms with Gasteiger partial charge < -0.3 is 9.42 Å². The Morgan fingerprint density at radius 3 is 2.61 bits per heavy atom. The Hall–Kier alpha value is -4.14. The molecule has 3 heterocycles. The Labute approximate surface area is 176 Å². The Kier molecular flexibility index (Phi) is 4.62. The molecule has 4 aromatic rings. The normalized spacial score (nSPS) is 13.1. The second-order valence-corrected chi connectivity index (χ2v) is 7.20. The molecule has 1 aliphatic rings. The van der Waals surface area contributed by atoms with Crippen LogP contribution in [0.4, 0.5) is 15.9 Å². The molecule has 0 fully saturated rings. The number of aromatic nitrogens is 3. The van der Waals surface area contributed by atoms with Crippen molar-refractivity contribution in [3.63, 3.8) is 0 Å². The molecule has 9 heteroatoms. The fraction of sp³-hybridized carbons (Fsp3) is 0.136. The van der Waals surface area contributed by atoms with Crippen LogP contribution in [0.25, 0.3) is 22.6 Å². The Bertz CT molecular complexity index is 1260. The third-order valence-electron chi connectivity index (χ3n) is 5.27. The lowest BCUT2D eigenvalue weighted by Crippen LogP contribution is -2.31. The minimum absolute atomic E-state index is 0.00715. The number of anilines is 1. The van der Waals surface area contributed by atoms with E-state index in [-0.39, 0.29) is 11.5 Å². The molecule has 0 saturated carbocycles. The molecular formula is C22H16FN5O3. The number of halogens is 1. The van der Waals surface area contributed by atoms with Gasteiger partial charge in [-0.25, -0.2) is 4.39 Å². The van der Waals surface area contributed by atoms with Crippen molar-refractivity contribution in [3.05, 3.63) is 87.9 Å². The van der Waals surface area contributed by atoms with Crippen LogP contribution in [0, 0.1) is 15.9 Å². The summed E-state index contributed by atoms with van der Waals surface area (Å²) in [6, 6.07) is 16.1. The van der Waals surface area contributed by atoms with Crippen LogP contribution in [0.15, 0.2) is 65.2 Å². The summed E-state index contributed by atoms with van der Waals surface area (Å²) in [5.41, 5.74) is 3.80. The maximum absolute atomic E-state index is 13.3. The largest absolute Gasteiger partial charge is 0.356 e. The summed E-state index contributed by atoms with van der Waals surface area (Å²) < 4.78 is 18.8. The van der Waals surface area contributed by atoms with E-state index in [1.807, 2.05) is 6.07 Å². The lowest BCUT2D eigenvalue weighted by molar-refractivity contribution is -0.384. The van der Waals surface area contributed by atoms with E-state index in [0.717, 1.165) is 16.8 Å². The van der Waals surface area contributed by atoms with Crippen molar-refractivity contribution in [3.8, 4) is 22.6 Å². The standard InChI is InChI=1S/C22H16FN5O3/c23-16-6-4-14(5-7-16)22-18-13-27(11-10-20(18)26-31-22)21-9-8-19(24-25-21)15-2-1-3-17(12-15)28(29)30/h1-9,12H,10-11,13H2. The first-order valence-electron chi connectivity index (χ1n) is 9.65. The van der Waals surface area contributed by atoms with Crippen molar-refractivity contribution >= 4 is 11.5 Å². The Morgan fingerprint density at radius 1 is 1.03 bits per heavy atom. The molecule has 0 saturated heterocycles. The van der Waals surface area contributed by atoms with E-state index in [9.17, 15) is 14.5 Å². The molecule has 0 spiro atoms. The van der Waals surface area contributed by atoms with Crippen LogP contribution in [-0.4, -0.2) is 26.8 Å². The first-order valence-corrected chi connectivity index (χ1v) is 9.65. The van der Waals surface area contributed by atoms with E-state index in [0.29, 0.717) is 42.3 Å². The highest BCUT2D eigenvalue weighted by Crippen LogP contribution is 2.32. The fourth-order valence-corrected chi connectivity index (χ4v) is 3.66. The van der Waals surface area contributed by atoms with Gasteiger partial charge in [0.05, 0.1) is 22.9 Å². The molecule has 0 amide bonds. The van der Waals surface area contributed by atoms with Crippen molar-refractivity contribution in [1.82, 2.24) is 15.4 Å². The van der Waals surface area contributed by atoms with Gasteiger partial charge in [0.2, 0.25) is 0 Å². The lowest BCUT2D eigenvalue weighted by atomic mass is 10.0. The van der Waals surface area contributed by atoms with Crippen LogP contribution in [0.2, 0.25) is 0 Å². The van der Waals surface area contributed by atoms with Crippen molar-refractivity contribution in [2.24, 2.45) is 0 Å². The summed E-state index contributed by atoms with van der Waals surface area (Å²) in [5.74, 6) is 1.00. The van der Waals surface area contributed by atoms with Gasteiger partial charge >= 0.3 is 0 Å². The highest BCUT2D eigenvalue weighted by Gasteiger charge is 2.26. The Balaban J connectivity index is 1.39. The zero-order chi connectivity index (χ0) is 21.4. The third-order valence-corrected chi connectivity index (χ3v) is 5.27. The number of rotatable bonds is 4. The van der Waals surface area contributed by atoms with Gasteiger partial charge in [0.1, 0.15) is 5.82 Å². The van der Waals surface area contributed by atoms with E-state index >= 15 is 0 Å². The van der Waals surface area contributed by atoms with E-state index < -0.39 is 4.92 Å². The average molecular weight is 417 g/mol. The van der Waals surface area contributed by atoms with Gasteiger partial charge in [-0.2, -0.15) is 0 Å². The monoisotopic (exact) mass is 417 g/mol. The highest BCUT2D eigenvalue weighted by atomic mass is 19.1. The minimum atomic E-state index is -0.436. The lowest BCUT2D eigenvalue weighted by Gasteiger charge is -2.27. The zero-order valence-corrected chi connectivity index (χ0v) is 16.2. The average Bonchev–Trinajstić information content (AvgIpc) is 3.23. The van der Waals surface area contributed by atoms with Crippen LogP contribution < -0.4 is 4.90 Å². The van der Waals surface area contributed by atoms with Gasteiger partial charge in [-0.1, -0.05) is 17.3 Å². The van der Waals surface area contributed by atoms with E-state index in [2.05, 4.69) is 20.3 Å². The summed E-state index contributed by atoms with van der Waals surface area (Å²) in [4.78, 5) is 12.6. The van der Waals surface area contributed by atoms with Gasteiger partial charge in [0.25, 0.3) is 5.69 Å². The SMILES string of the molecule is O=[N+]([O-])c1cccc(-c2ccc(N3CCc4noc(-c5ccc(F)cc5)c4C3)nn2)c1. The van der Waals surface area contributed by atoms with Gasteiger partial charge in [0, 0.05) is 41.8 Å². The predicted molar refractivity (Wildman–Crippen MR) is 111 cm³/mol. The summed E-state index contributed by atoms with van der Waals surface area (Å²) in [6.45, 7) is 1.24. The molecule has 31 heavy (non-hydrogen) atoms. The minimum Gasteiger partial charge on any atom is -0.356 e. The number of hydrogen-bond acceptors (Lipinski definition) is 7. The van der Waals surface area contributed by atoms with Crippen molar-refractivity contribution in [2.75, 3.05) is 11.4 Å². The van der Waals surface area contributed by atoms with Gasteiger partial charge in [-0.3, -0.25) is 10.1 Å². The molecule has 0 unspecified atom stereocenters. The van der Waals surface area contributed by atoms with Crippen LogP contribution in [0.1, 0.15) is 11.3 Å². The number of nitro benzene ring substituents is 1. The van der Waals surface area contributed by atoms with Crippen LogP contribution in [-0.2, 0) is 13.0 Å². The van der Waals surface area contributed by atoms with E-state index in [1.54, 1.807) is 30.3 Å². The van der Waals surface area contributed by atoms with Gasteiger partial charge in [-0.15, -0.1) is 10.2 Å². The molecule has 0 radical (unpaired) electrons. The summed E-state index contributed by atoms with van der Waals surface area (Å²) in [6.07, 6.45) is 0.689. The third kappa shape index (κ3) is 3.61.